The van der Waals surface area contributed by atoms with Gasteiger partial charge in [0.25, 0.3) is 0 Å². The van der Waals surface area contributed by atoms with Crippen LogP contribution in [-0.4, -0.2) is 55.0 Å². The van der Waals surface area contributed by atoms with E-state index in [9.17, 15) is 17.6 Å². The number of carbonyl (C=O) groups is 1. The van der Waals surface area contributed by atoms with Gasteiger partial charge in [-0.05, 0) is 43.2 Å². The van der Waals surface area contributed by atoms with Gasteiger partial charge in [0.15, 0.2) is 21.4 Å². The molecule has 0 spiro atoms. The number of benzene rings is 3. The van der Waals surface area contributed by atoms with Crippen LogP contribution in [0.5, 0.6) is 17.2 Å². The summed E-state index contributed by atoms with van der Waals surface area (Å²) in [4.78, 5) is 21.1. The smallest absolute Gasteiger partial charge is 0.407 e. The Morgan fingerprint density at radius 3 is 2.72 bits per heavy atom. The first-order chi connectivity index (χ1) is 21.9. The van der Waals surface area contributed by atoms with Crippen molar-refractivity contribution >= 4 is 26.8 Å². The topological polar surface area (TPSA) is 135 Å². The minimum atomic E-state index is -4.09. The molecule has 1 amide bonds. The van der Waals surface area contributed by atoms with Crippen molar-refractivity contribution in [3.8, 4) is 28.6 Å². The first kappa shape index (κ1) is 29.7. The van der Waals surface area contributed by atoms with E-state index in [1.165, 1.54) is 24.4 Å². The van der Waals surface area contributed by atoms with Crippen molar-refractivity contribution in [2.24, 2.45) is 0 Å². The quantitative estimate of drug-likeness (QED) is 0.186. The molecule has 1 saturated heterocycles. The summed E-state index contributed by atoms with van der Waals surface area (Å²) in [5.41, 5.74) is 1.48. The lowest BCUT2D eigenvalue weighted by Gasteiger charge is -2.36. The molecule has 2 aliphatic heterocycles. The second kappa shape index (κ2) is 10.8. The van der Waals surface area contributed by atoms with Crippen LogP contribution < -0.4 is 14.8 Å². The molecule has 0 radical (unpaired) electrons. The Hall–Kier alpha value is -4.98. The molecule has 5 aromatic rings. The number of carbonyl (C=O) groups excluding carboxylic acids is 1. The molecule has 14 heteroatoms. The summed E-state index contributed by atoms with van der Waals surface area (Å²) in [6, 6.07) is 10.6. The predicted octanol–water partition coefficient (Wildman–Crippen LogP) is 5.91. The van der Waals surface area contributed by atoms with E-state index in [0.29, 0.717) is 37.4 Å². The van der Waals surface area contributed by atoms with E-state index in [4.69, 9.17) is 14.2 Å². The van der Waals surface area contributed by atoms with Gasteiger partial charge >= 0.3 is 6.09 Å². The van der Waals surface area contributed by atoms with Crippen molar-refractivity contribution in [3.05, 3.63) is 89.1 Å². The number of hydrogen-bond acceptors (Lipinski definition) is 7. The lowest BCUT2D eigenvalue weighted by atomic mass is 9.74. The van der Waals surface area contributed by atoms with Crippen molar-refractivity contribution in [1.82, 2.24) is 20.3 Å². The molecule has 2 aromatic heterocycles. The fraction of sp³-hybridized carbons (Fsp3) is 0.250. The molecule has 0 bridgehead atoms. The molecule has 0 saturated carbocycles. The molecular weight excluding hydrogens is 625 g/mol. The van der Waals surface area contributed by atoms with Crippen LogP contribution >= 0.6 is 0 Å². The summed E-state index contributed by atoms with van der Waals surface area (Å²) >= 11 is 0. The summed E-state index contributed by atoms with van der Waals surface area (Å²) in [6.07, 6.45) is 4.02. The van der Waals surface area contributed by atoms with Gasteiger partial charge in [-0.3, -0.25) is 0 Å². The van der Waals surface area contributed by atoms with Crippen molar-refractivity contribution in [1.29, 1.82) is 0 Å². The maximum absolute atomic E-state index is 15.2. The van der Waals surface area contributed by atoms with Gasteiger partial charge in [0.05, 0.1) is 24.2 Å². The molecule has 3 aromatic carbocycles. The zero-order valence-corrected chi connectivity index (χ0v) is 25.4. The standard InChI is InChI=1S/C32H27F3N4O6S/c1-32(9-11-43-27-16(4-3-5-21(27)32)12-18-14-38-31(40)45-18)23-15-37-30(39-23)20-13-17(6-7-22(20)33)44-28-25(35)24(34)26-19(8-10-36-26)29(28)46(2,41)42/h3-8,10,13,15,18,36H,9,11-12,14H2,1-2H3,(H,37,39)(H,38,40). The Morgan fingerprint density at radius 2 is 1.96 bits per heavy atom. The minimum absolute atomic E-state index is 0.0339. The number of imidazole rings is 1. The Kier molecular flexibility index (Phi) is 6.99. The zero-order valence-electron chi connectivity index (χ0n) is 24.5. The van der Waals surface area contributed by atoms with E-state index in [-0.39, 0.29) is 34.1 Å². The molecule has 3 N–H and O–H groups in total. The Labute approximate surface area is 260 Å². The maximum atomic E-state index is 15.2. The van der Waals surface area contributed by atoms with Gasteiger partial charge in [0.1, 0.15) is 34.1 Å². The van der Waals surface area contributed by atoms with Crippen LogP contribution in [0, 0.1) is 17.5 Å². The summed E-state index contributed by atoms with van der Waals surface area (Å²) in [5.74, 6) is -3.64. The lowest BCUT2D eigenvalue weighted by Crippen LogP contribution is -2.32. The molecule has 0 aliphatic carbocycles. The van der Waals surface area contributed by atoms with Crippen molar-refractivity contribution in [2.75, 3.05) is 19.4 Å². The Morgan fingerprint density at radius 1 is 1.13 bits per heavy atom. The van der Waals surface area contributed by atoms with Gasteiger partial charge in [0.2, 0.25) is 5.82 Å². The van der Waals surface area contributed by atoms with E-state index in [2.05, 4.69) is 20.3 Å². The average molecular weight is 653 g/mol. The minimum Gasteiger partial charge on any atom is -0.493 e. The lowest BCUT2D eigenvalue weighted by molar-refractivity contribution is 0.139. The van der Waals surface area contributed by atoms with Crippen LogP contribution in [0.25, 0.3) is 22.3 Å². The molecule has 4 heterocycles. The molecular formula is C32H27F3N4O6S. The molecule has 238 valence electrons. The normalized spacial score (nSPS) is 19.4. The van der Waals surface area contributed by atoms with Gasteiger partial charge in [-0.2, -0.15) is 4.39 Å². The maximum Gasteiger partial charge on any atom is 0.407 e. The van der Waals surface area contributed by atoms with E-state index in [0.717, 1.165) is 23.4 Å². The number of nitrogens with one attached hydrogen (secondary N) is 3. The molecule has 46 heavy (non-hydrogen) atoms. The number of sulfone groups is 1. The van der Waals surface area contributed by atoms with Crippen LogP contribution in [-0.2, 0) is 26.4 Å². The van der Waals surface area contributed by atoms with E-state index < -0.39 is 49.4 Å². The second-order valence-electron chi connectivity index (χ2n) is 11.6. The predicted molar refractivity (Wildman–Crippen MR) is 160 cm³/mol. The highest BCUT2D eigenvalue weighted by Crippen LogP contribution is 2.46. The number of cyclic esters (lactones) is 1. The van der Waals surface area contributed by atoms with Crippen LogP contribution in [0.15, 0.2) is 59.8 Å². The number of hydrogen-bond donors (Lipinski definition) is 3. The highest BCUT2D eigenvalue weighted by atomic mass is 32.2. The summed E-state index contributed by atoms with van der Waals surface area (Å²) in [7, 11) is -4.09. The second-order valence-corrected chi connectivity index (χ2v) is 13.5. The van der Waals surface area contributed by atoms with Crippen LogP contribution in [0.3, 0.4) is 0 Å². The van der Waals surface area contributed by atoms with Gasteiger partial charge in [-0.25, -0.2) is 27.0 Å². The summed E-state index contributed by atoms with van der Waals surface area (Å²) in [6.45, 7) is 2.81. The number of aromatic nitrogens is 3. The number of alkyl carbamates (subject to hydrolysis) is 1. The zero-order chi connectivity index (χ0) is 32.4. The summed E-state index contributed by atoms with van der Waals surface area (Å²) in [5, 5.41) is 2.57. The molecule has 1 fully saturated rings. The number of rotatable bonds is 7. The van der Waals surface area contributed by atoms with E-state index >= 15 is 8.78 Å². The summed E-state index contributed by atoms with van der Waals surface area (Å²) < 4.78 is 87.6. The first-order valence-corrected chi connectivity index (χ1v) is 16.2. The number of H-pyrrole nitrogens is 2. The van der Waals surface area contributed by atoms with Gasteiger partial charge < -0.3 is 29.5 Å². The van der Waals surface area contributed by atoms with E-state index in [1.807, 2.05) is 25.1 Å². The van der Waals surface area contributed by atoms with E-state index in [1.54, 1.807) is 6.20 Å². The van der Waals surface area contributed by atoms with Crippen LogP contribution in [0.1, 0.15) is 30.2 Å². The molecule has 10 nitrogen and oxygen atoms in total. The first-order valence-electron chi connectivity index (χ1n) is 14.3. The highest BCUT2D eigenvalue weighted by Gasteiger charge is 2.38. The molecule has 2 aliphatic rings. The van der Waals surface area contributed by atoms with Crippen LogP contribution in [0.2, 0.25) is 0 Å². The number of nitrogens with zero attached hydrogens (tertiary/aromatic N) is 1. The SMILES string of the molecule is CC1(c2cnc(-c3cc(Oc4c(F)c(F)c5[nH]ccc5c4S(C)(=O)=O)ccc3F)[nH]2)CCOc2c(CC3CNC(=O)O3)cccc21. The highest BCUT2D eigenvalue weighted by molar-refractivity contribution is 7.91. The average Bonchev–Trinajstić information content (AvgIpc) is 3.79. The Bertz CT molecular complexity index is 2150. The monoisotopic (exact) mass is 652 g/mol. The number of halogens is 3. The molecule has 2 atom stereocenters. The van der Waals surface area contributed by atoms with Crippen molar-refractivity contribution < 1.29 is 40.6 Å². The number of para-hydroxylation sites is 1. The largest absolute Gasteiger partial charge is 0.493 e. The van der Waals surface area contributed by atoms with Gasteiger partial charge in [-0.1, -0.05) is 18.2 Å². The number of amides is 1. The molecule has 7 rings (SSSR count). The number of aromatic amines is 2. The fourth-order valence-corrected chi connectivity index (χ4v) is 7.19. The third-order valence-electron chi connectivity index (χ3n) is 8.50. The molecule has 2 unspecified atom stereocenters. The van der Waals surface area contributed by atoms with Gasteiger partial charge in [-0.15, -0.1) is 0 Å². The third kappa shape index (κ3) is 4.92. The Balaban J connectivity index is 1.23. The van der Waals surface area contributed by atoms with Crippen LogP contribution in [0.4, 0.5) is 18.0 Å². The third-order valence-corrected chi connectivity index (χ3v) is 9.65. The number of fused-ring (bicyclic) bond motifs is 2. The van der Waals surface area contributed by atoms with Crippen molar-refractivity contribution in [2.45, 2.75) is 36.2 Å². The van der Waals surface area contributed by atoms with Crippen molar-refractivity contribution in [3.63, 3.8) is 0 Å². The van der Waals surface area contributed by atoms with Gasteiger partial charge in [0, 0.05) is 47.1 Å². The fourth-order valence-electron chi connectivity index (χ4n) is 6.15. The number of ether oxygens (including phenoxy) is 3.